The minimum absolute atomic E-state index is 0.236. The molecule has 4 nitrogen and oxygen atoms in total. The minimum atomic E-state index is -0.236. The van der Waals surface area contributed by atoms with Crippen LogP contribution >= 0.6 is 11.6 Å². The molecule has 1 N–H and O–H groups in total. The first-order chi connectivity index (χ1) is 6.25. The molecule has 0 unspecified atom stereocenters. The fourth-order valence-electron chi connectivity index (χ4n) is 0.869. The van der Waals surface area contributed by atoms with E-state index in [9.17, 15) is 4.79 Å². The first kappa shape index (κ1) is 10.1. The van der Waals surface area contributed by atoms with E-state index >= 15 is 0 Å². The van der Waals surface area contributed by atoms with Crippen molar-refractivity contribution in [2.45, 2.75) is 13.3 Å². The quantitative estimate of drug-likeness (QED) is 0.592. The van der Waals surface area contributed by atoms with Crippen molar-refractivity contribution in [2.75, 3.05) is 12.4 Å². The maximum Gasteiger partial charge on any atom is 0.288 e. The molecule has 1 aromatic rings. The summed E-state index contributed by atoms with van der Waals surface area (Å²) in [6.07, 6.45) is 2.01. The molecular formula is C8H11ClN2O2. The molecule has 1 aromatic heterocycles. The Hall–Kier alpha value is -1.03. The Labute approximate surface area is 81.3 Å². The van der Waals surface area contributed by atoms with E-state index in [2.05, 4.69) is 10.3 Å². The second kappa shape index (κ2) is 4.87. The highest BCUT2D eigenvalue weighted by Crippen LogP contribution is 2.03. The summed E-state index contributed by atoms with van der Waals surface area (Å²) in [6, 6.07) is 0. The van der Waals surface area contributed by atoms with E-state index in [0.29, 0.717) is 18.1 Å². The van der Waals surface area contributed by atoms with Crippen molar-refractivity contribution >= 4 is 17.5 Å². The molecule has 0 aromatic carbocycles. The largest absolute Gasteiger partial charge is 0.438 e. The number of hydrogen-bond donors (Lipinski definition) is 1. The van der Waals surface area contributed by atoms with Gasteiger partial charge in [-0.15, -0.1) is 11.6 Å². The number of nitrogens with one attached hydrogen (secondary N) is 1. The molecule has 13 heavy (non-hydrogen) atoms. The molecule has 0 fully saturated rings. The molecule has 5 heteroatoms. The van der Waals surface area contributed by atoms with Crippen LogP contribution in [-0.2, 0) is 0 Å². The Kier molecular flexibility index (Phi) is 3.76. The fraction of sp³-hybridized carbons (Fsp3) is 0.500. The summed E-state index contributed by atoms with van der Waals surface area (Å²) in [5, 5.41) is 2.67. The van der Waals surface area contributed by atoms with Gasteiger partial charge in [-0.1, -0.05) is 0 Å². The number of rotatable bonds is 4. The Morgan fingerprint density at radius 3 is 3.08 bits per heavy atom. The normalized spacial score (nSPS) is 10.0. The fourth-order valence-corrected chi connectivity index (χ4v) is 1.00. The molecule has 0 aliphatic rings. The van der Waals surface area contributed by atoms with E-state index < -0.39 is 0 Å². The smallest absolute Gasteiger partial charge is 0.288 e. The number of alkyl halides is 1. The van der Waals surface area contributed by atoms with Crippen molar-refractivity contribution in [2.24, 2.45) is 0 Å². The van der Waals surface area contributed by atoms with E-state index in [-0.39, 0.29) is 11.7 Å². The summed E-state index contributed by atoms with van der Waals surface area (Å²) in [6.45, 7) is 2.28. The van der Waals surface area contributed by atoms with Crippen molar-refractivity contribution in [3.05, 3.63) is 17.8 Å². The van der Waals surface area contributed by atoms with Crippen LogP contribution in [0.15, 0.2) is 10.8 Å². The third kappa shape index (κ3) is 2.73. The summed E-state index contributed by atoms with van der Waals surface area (Å²) in [4.78, 5) is 15.1. The van der Waals surface area contributed by atoms with Crippen molar-refractivity contribution in [3.8, 4) is 0 Å². The lowest BCUT2D eigenvalue weighted by atomic mass is 10.3. The van der Waals surface area contributed by atoms with Crippen molar-refractivity contribution in [1.82, 2.24) is 10.3 Å². The lowest BCUT2D eigenvalue weighted by Crippen LogP contribution is -2.24. The van der Waals surface area contributed by atoms with Gasteiger partial charge in [-0.25, -0.2) is 4.98 Å². The topological polar surface area (TPSA) is 55.1 Å². The second-order valence-electron chi connectivity index (χ2n) is 2.57. The average molecular weight is 203 g/mol. The summed E-state index contributed by atoms with van der Waals surface area (Å²) < 4.78 is 4.90. The van der Waals surface area contributed by atoms with Crippen LogP contribution < -0.4 is 5.32 Å². The van der Waals surface area contributed by atoms with Gasteiger partial charge in [0.15, 0.2) is 6.39 Å². The van der Waals surface area contributed by atoms with Gasteiger partial charge in [-0.3, -0.25) is 4.79 Å². The van der Waals surface area contributed by atoms with Crippen LogP contribution in [0.3, 0.4) is 0 Å². The van der Waals surface area contributed by atoms with Gasteiger partial charge >= 0.3 is 0 Å². The maximum absolute atomic E-state index is 11.3. The molecule has 0 atom stereocenters. The monoisotopic (exact) mass is 202 g/mol. The highest BCUT2D eigenvalue weighted by molar-refractivity contribution is 6.17. The molecule has 0 bridgehead atoms. The summed E-state index contributed by atoms with van der Waals surface area (Å²) in [5.41, 5.74) is 0.600. The average Bonchev–Trinajstić information content (AvgIpc) is 2.52. The van der Waals surface area contributed by atoms with Crippen molar-refractivity contribution in [3.63, 3.8) is 0 Å². The minimum Gasteiger partial charge on any atom is -0.438 e. The molecule has 1 amide bonds. The van der Waals surface area contributed by atoms with E-state index in [4.69, 9.17) is 16.0 Å². The van der Waals surface area contributed by atoms with Crippen molar-refractivity contribution in [1.29, 1.82) is 0 Å². The summed E-state index contributed by atoms with van der Waals surface area (Å²) in [7, 11) is 0. The van der Waals surface area contributed by atoms with Crippen LogP contribution in [0.25, 0.3) is 0 Å². The zero-order chi connectivity index (χ0) is 9.68. The summed E-state index contributed by atoms with van der Waals surface area (Å²) in [5.74, 6) is 0.574. The number of hydrogen-bond acceptors (Lipinski definition) is 3. The number of aryl methyl sites for hydroxylation is 1. The highest BCUT2D eigenvalue weighted by atomic mass is 35.5. The van der Waals surface area contributed by atoms with Gasteiger partial charge in [-0.05, 0) is 13.3 Å². The van der Waals surface area contributed by atoms with Gasteiger partial charge in [0.05, 0.1) is 5.69 Å². The summed E-state index contributed by atoms with van der Waals surface area (Å²) >= 11 is 5.45. The molecule has 0 radical (unpaired) electrons. The highest BCUT2D eigenvalue weighted by Gasteiger charge is 2.12. The van der Waals surface area contributed by atoms with E-state index in [1.165, 1.54) is 6.39 Å². The van der Waals surface area contributed by atoms with Crippen LogP contribution in [0.5, 0.6) is 0 Å². The molecule has 0 saturated heterocycles. The van der Waals surface area contributed by atoms with E-state index in [1.807, 2.05) is 0 Å². The Morgan fingerprint density at radius 2 is 2.54 bits per heavy atom. The molecule has 1 rings (SSSR count). The second-order valence-corrected chi connectivity index (χ2v) is 2.94. The molecular weight excluding hydrogens is 192 g/mol. The Bertz CT molecular complexity index is 285. The molecule has 72 valence electrons. The number of halogens is 1. The standard InChI is InChI=1S/C8H11ClN2O2/c1-6-7(13-5-11-6)8(12)10-4-2-3-9/h5H,2-4H2,1H3,(H,10,12). The van der Waals surface area contributed by atoms with Gasteiger partial charge in [0.25, 0.3) is 5.91 Å². The number of carbonyl (C=O) groups is 1. The molecule has 0 aliphatic carbocycles. The van der Waals surface area contributed by atoms with Crippen molar-refractivity contribution < 1.29 is 9.21 Å². The molecule has 0 saturated carbocycles. The molecule has 1 heterocycles. The van der Waals surface area contributed by atoms with Crippen LogP contribution in [-0.4, -0.2) is 23.3 Å². The van der Waals surface area contributed by atoms with Gasteiger partial charge in [0.2, 0.25) is 5.76 Å². The van der Waals surface area contributed by atoms with E-state index in [0.717, 1.165) is 6.42 Å². The third-order valence-corrected chi connectivity index (χ3v) is 1.81. The molecule has 0 aliphatic heterocycles. The SMILES string of the molecule is Cc1ncoc1C(=O)NCCCCl. The predicted octanol–water partition coefficient (Wildman–Crippen LogP) is 1.34. The van der Waals surface area contributed by atoms with Gasteiger partial charge in [-0.2, -0.15) is 0 Å². The number of nitrogens with zero attached hydrogens (tertiary/aromatic N) is 1. The van der Waals surface area contributed by atoms with Crippen LogP contribution in [0.4, 0.5) is 0 Å². The third-order valence-electron chi connectivity index (χ3n) is 1.55. The lowest BCUT2D eigenvalue weighted by Gasteiger charge is -2.00. The van der Waals surface area contributed by atoms with Crippen LogP contribution in [0.2, 0.25) is 0 Å². The van der Waals surface area contributed by atoms with Crippen LogP contribution in [0, 0.1) is 6.92 Å². The maximum atomic E-state index is 11.3. The Morgan fingerprint density at radius 1 is 1.77 bits per heavy atom. The van der Waals surface area contributed by atoms with Gasteiger partial charge in [0, 0.05) is 12.4 Å². The zero-order valence-electron chi connectivity index (χ0n) is 7.34. The zero-order valence-corrected chi connectivity index (χ0v) is 8.10. The number of amides is 1. The number of carbonyl (C=O) groups excluding carboxylic acids is 1. The predicted molar refractivity (Wildman–Crippen MR) is 48.9 cm³/mol. The first-order valence-electron chi connectivity index (χ1n) is 4.00. The first-order valence-corrected chi connectivity index (χ1v) is 4.53. The van der Waals surface area contributed by atoms with Gasteiger partial charge < -0.3 is 9.73 Å². The lowest BCUT2D eigenvalue weighted by molar-refractivity contribution is 0.0925. The van der Waals surface area contributed by atoms with Gasteiger partial charge in [0.1, 0.15) is 0 Å². The van der Waals surface area contributed by atoms with E-state index in [1.54, 1.807) is 6.92 Å². The molecule has 0 spiro atoms. The van der Waals surface area contributed by atoms with Crippen LogP contribution in [0.1, 0.15) is 22.7 Å². The number of oxazole rings is 1. The number of aromatic nitrogens is 1. The Balaban J connectivity index is 2.45.